The smallest absolute Gasteiger partial charge is 0.337 e. The molecule has 1 aliphatic heterocycles. The highest BCUT2D eigenvalue weighted by Crippen LogP contribution is 2.34. The summed E-state index contributed by atoms with van der Waals surface area (Å²) >= 11 is 0. The van der Waals surface area contributed by atoms with Crippen LogP contribution in [0.2, 0.25) is 0 Å². The lowest BCUT2D eigenvalue weighted by molar-refractivity contribution is -0.123. The number of nitrogens with one attached hydrogen (secondary N) is 3. The first kappa shape index (κ1) is 16.6. The molecule has 0 fully saturated rings. The van der Waals surface area contributed by atoms with Gasteiger partial charge in [0.15, 0.2) is 11.5 Å². The predicted molar refractivity (Wildman–Crippen MR) is 92.3 cm³/mol. The van der Waals surface area contributed by atoms with Crippen molar-refractivity contribution >= 4 is 17.6 Å². The molecule has 25 heavy (non-hydrogen) atoms. The summed E-state index contributed by atoms with van der Waals surface area (Å²) in [5.74, 6) is 0.603. The van der Waals surface area contributed by atoms with Gasteiger partial charge in [-0.25, -0.2) is 10.2 Å². The van der Waals surface area contributed by atoms with Crippen molar-refractivity contribution in [3.8, 4) is 11.5 Å². The second-order valence-corrected chi connectivity index (χ2v) is 5.51. The summed E-state index contributed by atoms with van der Waals surface area (Å²) < 4.78 is 10.5. The highest BCUT2D eigenvalue weighted by Gasteiger charge is 2.19. The van der Waals surface area contributed by atoms with Gasteiger partial charge in [-0.1, -0.05) is 37.3 Å². The molecular formula is C18H19N3O4. The Bertz CT molecular complexity index is 764. The summed E-state index contributed by atoms with van der Waals surface area (Å²) in [7, 11) is 0. The van der Waals surface area contributed by atoms with Gasteiger partial charge in [-0.2, -0.15) is 0 Å². The fourth-order valence-corrected chi connectivity index (χ4v) is 2.60. The summed E-state index contributed by atoms with van der Waals surface area (Å²) in [5.41, 5.74) is 6.25. The van der Waals surface area contributed by atoms with E-state index in [9.17, 15) is 9.59 Å². The Morgan fingerprint density at radius 3 is 2.56 bits per heavy atom. The number of carbonyl (C=O) groups is 2. The van der Waals surface area contributed by atoms with E-state index in [-0.39, 0.29) is 18.6 Å². The average molecular weight is 341 g/mol. The van der Waals surface area contributed by atoms with Crippen LogP contribution >= 0.6 is 0 Å². The van der Waals surface area contributed by atoms with Crippen molar-refractivity contribution in [1.29, 1.82) is 0 Å². The Morgan fingerprint density at radius 2 is 1.80 bits per heavy atom. The van der Waals surface area contributed by atoms with Crippen LogP contribution in [0, 0.1) is 0 Å². The van der Waals surface area contributed by atoms with E-state index < -0.39 is 6.03 Å². The highest BCUT2D eigenvalue weighted by molar-refractivity contribution is 5.92. The van der Waals surface area contributed by atoms with E-state index in [2.05, 4.69) is 16.2 Å². The number of ether oxygens (including phenoxy) is 2. The molecule has 3 N–H and O–H groups in total. The number of hydrogen-bond donors (Lipinski definition) is 3. The van der Waals surface area contributed by atoms with E-state index in [4.69, 9.17) is 9.47 Å². The molecule has 0 unspecified atom stereocenters. The minimum atomic E-state index is -0.546. The van der Waals surface area contributed by atoms with Crippen LogP contribution in [0.25, 0.3) is 0 Å². The summed E-state index contributed by atoms with van der Waals surface area (Å²) in [6.45, 7) is 2.09. The van der Waals surface area contributed by atoms with Gasteiger partial charge >= 0.3 is 6.03 Å². The largest absolute Gasteiger partial charge is 0.454 e. The normalized spacial score (nSPS) is 13.0. The van der Waals surface area contributed by atoms with Gasteiger partial charge in [-0.05, 0) is 24.1 Å². The van der Waals surface area contributed by atoms with Gasteiger partial charge in [-0.15, -0.1) is 0 Å². The fraction of sp³-hybridized carbons (Fsp3) is 0.222. The van der Waals surface area contributed by atoms with Crippen molar-refractivity contribution in [2.75, 3.05) is 12.1 Å². The molecule has 3 amide bonds. The van der Waals surface area contributed by atoms with Crippen molar-refractivity contribution in [1.82, 2.24) is 10.9 Å². The van der Waals surface area contributed by atoms with Gasteiger partial charge in [0.05, 0.1) is 5.92 Å². The zero-order chi connectivity index (χ0) is 17.6. The van der Waals surface area contributed by atoms with Crippen molar-refractivity contribution in [2.45, 2.75) is 19.3 Å². The van der Waals surface area contributed by atoms with Gasteiger partial charge in [-0.3, -0.25) is 10.2 Å². The maximum Gasteiger partial charge on any atom is 0.337 e. The number of benzene rings is 2. The summed E-state index contributed by atoms with van der Waals surface area (Å²) in [4.78, 5) is 24.3. The zero-order valence-electron chi connectivity index (χ0n) is 13.7. The lowest BCUT2D eigenvalue weighted by Crippen LogP contribution is -2.45. The van der Waals surface area contributed by atoms with Crippen LogP contribution in [0.3, 0.4) is 0 Å². The lowest BCUT2D eigenvalue weighted by Gasteiger charge is -2.16. The third kappa shape index (κ3) is 4.00. The molecule has 0 spiro atoms. The van der Waals surface area contributed by atoms with E-state index in [1.165, 1.54) is 0 Å². The minimum absolute atomic E-state index is 0.166. The van der Waals surface area contributed by atoms with Crippen molar-refractivity contribution in [2.24, 2.45) is 0 Å². The molecule has 0 radical (unpaired) electrons. The van der Waals surface area contributed by atoms with Gasteiger partial charge in [0.2, 0.25) is 12.7 Å². The minimum Gasteiger partial charge on any atom is -0.454 e. The first-order chi connectivity index (χ1) is 12.2. The van der Waals surface area contributed by atoms with Gasteiger partial charge in [0, 0.05) is 11.8 Å². The Morgan fingerprint density at radius 1 is 1.04 bits per heavy atom. The number of anilines is 1. The third-order valence-corrected chi connectivity index (χ3v) is 3.86. The number of carbonyl (C=O) groups excluding carboxylic acids is 2. The highest BCUT2D eigenvalue weighted by atomic mass is 16.7. The maximum atomic E-state index is 12.3. The molecule has 1 heterocycles. The van der Waals surface area contributed by atoms with Crippen LogP contribution in [-0.4, -0.2) is 18.7 Å². The molecule has 0 bridgehead atoms. The van der Waals surface area contributed by atoms with E-state index in [1.807, 2.05) is 37.3 Å². The molecule has 2 aromatic rings. The van der Waals surface area contributed by atoms with E-state index in [0.29, 0.717) is 23.6 Å². The van der Waals surface area contributed by atoms with Crippen molar-refractivity contribution < 1.29 is 19.1 Å². The Balaban J connectivity index is 1.54. The SMILES string of the molecule is CC[C@@H](C(=O)NNC(=O)Nc1ccc2c(c1)OCO2)c1ccccc1. The molecule has 3 rings (SSSR count). The predicted octanol–water partition coefficient (Wildman–Crippen LogP) is 2.76. The van der Waals surface area contributed by atoms with E-state index >= 15 is 0 Å². The van der Waals surface area contributed by atoms with E-state index in [0.717, 1.165) is 5.56 Å². The van der Waals surface area contributed by atoms with Gasteiger partial charge < -0.3 is 14.8 Å². The molecular weight excluding hydrogens is 322 g/mol. The quantitative estimate of drug-likeness (QED) is 0.746. The molecule has 0 aliphatic carbocycles. The number of fused-ring (bicyclic) bond motifs is 1. The van der Waals surface area contributed by atoms with Crippen LogP contribution in [0.1, 0.15) is 24.8 Å². The monoisotopic (exact) mass is 341 g/mol. The van der Waals surface area contributed by atoms with Gasteiger partial charge in [0.1, 0.15) is 0 Å². The summed E-state index contributed by atoms with van der Waals surface area (Å²) in [6.07, 6.45) is 0.626. The van der Waals surface area contributed by atoms with E-state index in [1.54, 1.807) is 18.2 Å². The fourth-order valence-electron chi connectivity index (χ4n) is 2.60. The second kappa shape index (κ2) is 7.57. The topological polar surface area (TPSA) is 88.7 Å². The molecule has 0 saturated heterocycles. The molecule has 0 saturated carbocycles. The first-order valence-electron chi connectivity index (χ1n) is 7.99. The van der Waals surface area contributed by atoms with Crippen LogP contribution in [0.5, 0.6) is 11.5 Å². The average Bonchev–Trinajstić information content (AvgIpc) is 3.09. The van der Waals surface area contributed by atoms with Crippen molar-refractivity contribution in [3.63, 3.8) is 0 Å². The molecule has 1 aliphatic rings. The Labute approximate surface area is 145 Å². The number of urea groups is 1. The van der Waals surface area contributed by atoms with Gasteiger partial charge in [0.25, 0.3) is 0 Å². The number of amides is 3. The second-order valence-electron chi connectivity index (χ2n) is 5.51. The summed E-state index contributed by atoms with van der Waals surface area (Å²) in [5, 5.41) is 2.62. The Kier molecular flexibility index (Phi) is 5.03. The van der Waals surface area contributed by atoms with Crippen molar-refractivity contribution in [3.05, 3.63) is 54.1 Å². The molecule has 1 atom stereocenters. The third-order valence-electron chi connectivity index (χ3n) is 3.86. The maximum absolute atomic E-state index is 12.3. The first-order valence-corrected chi connectivity index (χ1v) is 7.99. The molecule has 7 heteroatoms. The number of rotatable bonds is 4. The van der Waals surface area contributed by atoms with Crippen LogP contribution in [0.15, 0.2) is 48.5 Å². The lowest BCUT2D eigenvalue weighted by atomic mass is 9.96. The standard InChI is InChI=1S/C18H19N3O4/c1-2-14(12-6-4-3-5-7-12)17(22)20-21-18(23)19-13-8-9-15-16(10-13)25-11-24-15/h3-10,14H,2,11H2,1H3,(H,20,22)(H2,19,21,23)/t14-/m1/s1. The van der Waals surface area contributed by atoms with Crippen LogP contribution in [0.4, 0.5) is 10.5 Å². The number of hydrazine groups is 1. The molecule has 0 aromatic heterocycles. The Hall–Kier alpha value is -3.22. The molecule has 130 valence electrons. The van der Waals surface area contributed by atoms with Crippen LogP contribution < -0.4 is 25.6 Å². The van der Waals surface area contributed by atoms with Crippen LogP contribution in [-0.2, 0) is 4.79 Å². The number of hydrogen-bond acceptors (Lipinski definition) is 4. The zero-order valence-corrected chi connectivity index (χ0v) is 13.7. The molecule has 7 nitrogen and oxygen atoms in total. The molecule has 2 aromatic carbocycles. The summed E-state index contributed by atoms with van der Waals surface area (Å²) in [6, 6.07) is 13.9.